The van der Waals surface area contributed by atoms with Gasteiger partial charge in [0.05, 0.1) is 17.7 Å². The van der Waals surface area contributed by atoms with Crippen LogP contribution in [0, 0.1) is 11.2 Å². The summed E-state index contributed by atoms with van der Waals surface area (Å²) >= 11 is 0. The van der Waals surface area contributed by atoms with Crippen molar-refractivity contribution < 1.29 is 33.4 Å². The monoisotopic (exact) mass is 558 g/mol. The van der Waals surface area contributed by atoms with Gasteiger partial charge in [0.15, 0.2) is 0 Å². The molecule has 41 heavy (non-hydrogen) atoms. The normalized spacial score (nSPS) is 13.2. The van der Waals surface area contributed by atoms with E-state index in [2.05, 4.69) is 20.9 Å². The number of aliphatic hydroxyl groups is 1. The number of fused-ring (bicyclic) bond motifs is 1. The molecule has 3 amide bonds. The molecule has 0 bridgehead atoms. The number of amides is 3. The van der Waals surface area contributed by atoms with Crippen LogP contribution in [0.2, 0.25) is 0 Å². The standard InChI is InChI=1S/C30H27FN4O6/c1-32-27(37)23-16-22-24(17-26(23)40-15-14-36)33-13-10-25(22)41-21-8-6-20(7-9-21)35-29(39)30(11-12-30)28(38)34-19-4-2-18(31)3-5-19/h2-10,13,16-17,36H,11-12,14-15H2,1H3,(H,32,37)(H,34,38)(H,35,39). The first-order chi connectivity index (χ1) is 19.8. The summed E-state index contributed by atoms with van der Waals surface area (Å²) in [6, 6.07) is 16.9. The molecule has 1 aromatic heterocycles. The number of nitrogens with one attached hydrogen (secondary N) is 3. The van der Waals surface area contributed by atoms with Gasteiger partial charge < -0.3 is 30.5 Å². The van der Waals surface area contributed by atoms with E-state index in [9.17, 15) is 18.8 Å². The van der Waals surface area contributed by atoms with Crippen LogP contribution in [0.3, 0.4) is 0 Å². The van der Waals surface area contributed by atoms with Crippen LogP contribution in [0.25, 0.3) is 10.9 Å². The van der Waals surface area contributed by atoms with Crippen molar-refractivity contribution in [2.24, 2.45) is 5.41 Å². The van der Waals surface area contributed by atoms with Crippen LogP contribution in [-0.4, -0.2) is 48.1 Å². The molecular weight excluding hydrogens is 531 g/mol. The number of carbonyl (C=O) groups is 3. The Morgan fingerprint density at radius 1 is 0.927 bits per heavy atom. The van der Waals surface area contributed by atoms with Gasteiger partial charge in [0.2, 0.25) is 11.8 Å². The highest BCUT2D eigenvalue weighted by Gasteiger charge is 2.56. The Bertz CT molecular complexity index is 1600. The molecule has 4 N–H and O–H groups in total. The summed E-state index contributed by atoms with van der Waals surface area (Å²) in [5, 5.41) is 17.7. The van der Waals surface area contributed by atoms with Crippen molar-refractivity contribution in [1.82, 2.24) is 10.3 Å². The van der Waals surface area contributed by atoms with Gasteiger partial charge in [-0.25, -0.2) is 4.39 Å². The molecule has 1 heterocycles. The van der Waals surface area contributed by atoms with Gasteiger partial charge in [-0.3, -0.25) is 19.4 Å². The fourth-order valence-corrected chi connectivity index (χ4v) is 4.27. The minimum absolute atomic E-state index is 0.0224. The third kappa shape index (κ3) is 5.94. The van der Waals surface area contributed by atoms with Gasteiger partial charge in [0.1, 0.15) is 35.1 Å². The summed E-state index contributed by atoms with van der Waals surface area (Å²) in [6.45, 7) is -0.183. The maximum absolute atomic E-state index is 13.2. The lowest BCUT2D eigenvalue weighted by atomic mass is 10.0. The molecule has 0 atom stereocenters. The Morgan fingerprint density at radius 2 is 1.56 bits per heavy atom. The third-order valence-corrected chi connectivity index (χ3v) is 6.68. The molecule has 1 saturated carbocycles. The van der Waals surface area contributed by atoms with Gasteiger partial charge in [-0.15, -0.1) is 0 Å². The first-order valence-electron chi connectivity index (χ1n) is 12.9. The Balaban J connectivity index is 1.29. The summed E-state index contributed by atoms with van der Waals surface area (Å²) in [4.78, 5) is 42.6. The van der Waals surface area contributed by atoms with Gasteiger partial charge >= 0.3 is 0 Å². The topological polar surface area (TPSA) is 139 Å². The van der Waals surface area contributed by atoms with Crippen LogP contribution in [0.15, 0.2) is 72.9 Å². The number of carbonyl (C=O) groups excluding carboxylic acids is 3. The Kier molecular flexibility index (Phi) is 7.79. The molecule has 4 aromatic rings. The summed E-state index contributed by atoms with van der Waals surface area (Å²) in [5.74, 6) is -0.449. The predicted octanol–water partition coefficient (Wildman–Crippen LogP) is 4.25. The average molecular weight is 559 g/mol. The largest absolute Gasteiger partial charge is 0.490 e. The van der Waals surface area contributed by atoms with Crippen LogP contribution >= 0.6 is 0 Å². The number of benzene rings is 3. The van der Waals surface area contributed by atoms with Crippen LogP contribution in [0.4, 0.5) is 15.8 Å². The predicted molar refractivity (Wildman–Crippen MR) is 150 cm³/mol. The highest BCUT2D eigenvalue weighted by atomic mass is 19.1. The van der Waals surface area contributed by atoms with Crippen molar-refractivity contribution >= 4 is 40.0 Å². The molecule has 0 unspecified atom stereocenters. The molecule has 0 spiro atoms. The second kappa shape index (κ2) is 11.6. The molecule has 1 fully saturated rings. The fourth-order valence-electron chi connectivity index (χ4n) is 4.27. The number of rotatable bonds is 10. The van der Waals surface area contributed by atoms with Crippen molar-refractivity contribution in [3.63, 3.8) is 0 Å². The first-order valence-corrected chi connectivity index (χ1v) is 12.9. The lowest BCUT2D eigenvalue weighted by Gasteiger charge is -2.16. The number of hydrogen-bond acceptors (Lipinski definition) is 7. The number of hydrogen-bond donors (Lipinski definition) is 4. The highest BCUT2D eigenvalue weighted by Crippen LogP contribution is 2.47. The average Bonchev–Trinajstić information content (AvgIpc) is 3.80. The van der Waals surface area contributed by atoms with Crippen LogP contribution < -0.4 is 25.4 Å². The third-order valence-electron chi connectivity index (χ3n) is 6.68. The number of aromatic nitrogens is 1. The molecule has 5 rings (SSSR count). The number of pyridine rings is 1. The molecule has 0 radical (unpaired) electrons. The SMILES string of the molecule is CNC(=O)c1cc2c(Oc3ccc(NC(=O)C4(C(=O)Nc5ccc(F)cc5)CC4)cc3)ccnc2cc1OCCO. The van der Waals surface area contributed by atoms with Crippen LogP contribution in [0.5, 0.6) is 17.2 Å². The van der Waals surface area contributed by atoms with E-state index in [1.54, 1.807) is 48.7 Å². The second-order valence-corrected chi connectivity index (χ2v) is 9.45. The van der Waals surface area contributed by atoms with E-state index in [1.807, 2.05) is 0 Å². The number of nitrogens with zero attached hydrogens (tertiary/aromatic N) is 1. The van der Waals surface area contributed by atoms with E-state index in [-0.39, 0.29) is 30.4 Å². The molecule has 10 nitrogen and oxygen atoms in total. The number of ether oxygens (including phenoxy) is 2. The van der Waals surface area contributed by atoms with Crippen molar-refractivity contribution in [2.45, 2.75) is 12.8 Å². The molecule has 1 aliphatic rings. The van der Waals surface area contributed by atoms with E-state index >= 15 is 0 Å². The molecule has 0 saturated heterocycles. The summed E-state index contributed by atoms with van der Waals surface area (Å²) in [7, 11) is 1.51. The van der Waals surface area contributed by atoms with E-state index in [4.69, 9.17) is 14.6 Å². The zero-order valence-electron chi connectivity index (χ0n) is 22.1. The van der Waals surface area contributed by atoms with Crippen molar-refractivity contribution in [3.8, 4) is 17.2 Å². The van der Waals surface area contributed by atoms with Crippen molar-refractivity contribution in [1.29, 1.82) is 0 Å². The van der Waals surface area contributed by atoms with Crippen molar-refractivity contribution in [2.75, 3.05) is 30.9 Å². The minimum atomic E-state index is -1.18. The Morgan fingerprint density at radius 3 is 2.15 bits per heavy atom. The summed E-state index contributed by atoms with van der Waals surface area (Å²) in [5.41, 5.74) is 0.511. The van der Waals surface area contributed by atoms with Gasteiger partial charge in [0, 0.05) is 36.1 Å². The molecular formula is C30H27FN4O6. The molecule has 0 aliphatic heterocycles. The maximum atomic E-state index is 13.2. The Hall–Kier alpha value is -5.03. The fraction of sp³-hybridized carbons (Fsp3) is 0.200. The molecule has 11 heteroatoms. The van der Waals surface area contributed by atoms with E-state index in [0.717, 1.165) is 0 Å². The van der Waals surface area contributed by atoms with Gasteiger partial charge in [-0.1, -0.05) is 0 Å². The number of anilines is 2. The molecule has 210 valence electrons. The van der Waals surface area contributed by atoms with E-state index in [0.29, 0.717) is 46.6 Å². The van der Waals surface area contributed by atoms with E-state index in [1.165, 1.54) is 31.3 Å². The molecule has 3 aromatic carbocycles. The minimum Gasteiger partial charge on any atom is -0.490 e. The van der Waals surface area contributed by atoms with Crippen LogP contribution in [-0.2, 0) is 9.59 Å². The lowest BCUT2D eigenvalue weighted by Crippen LogP contribution is -2.35. The smallest absolute Gasteiger partial charge is 0.254 e. The Labute approximate surface area is 234 Å². The van der Waals surface area contributed by atoms with Gasteiger partial charge in [0.25, 0.3) is 5.91 Å². The zero-order valence-corrected chi connectivity index (χ0v) is 22.1. The second-order valence-electron chi connectivity index (χ2n) is 9.45. The van der Waals surface area contributed by atoms with Crippen LogP contribution in [0.1, 0.15) is 23.2 Å². The molecule has 1 aliphatic carbocycles. The quantitative estimate of drug-likeness (QED) is 0.213. The maximum Gasteiger partial charge on any atom is 0.254 e. The number of halogens is 1. The number of aliphatic hydroxyl groups excluding tert-OH is 1. The van der Waals surface area contributed by atoms with Gasteiger partial charge in [-0.05, 0) is 73.5 Å². The lowest BCUT2D eigenvalue weighted by molar-refractivity contribution is -0.131. The summed E-state index contributed by atoms with van der Waals surface area (Å²) < 4.78 is 24.8. The first kappa shape index (κ1) is 27.5. The van der Waals surface area contributed by atoms with E-state index < -0.39 is 23.0 Å². The summed E-state index contributed by atoms with van der Waals surface area (Å²) in [6.07, 6.45) is 2.38. The van der Waals surface area contributed by atoms with Crippen molar-refractivity contribution in [3.05, 3.63) is 84.3 Å². The highest BCUT2D eigenvalue weighted by molar-refractivity contribution is 6.16. The van der Waals surface area contributed by atoms with Gasteiger partial charge in [-0.2, -0.15) is 0 Å². The zero-order chi connectivity index (χ0) is 29.0.